The average molecular weight is 375 g/mol. The quantitative estimate of drug-likeness (QED) is 0.780. The first-order valence-corrected chi connectivity index (χ1v) is 9.41. The summed E-state index contributed by atoms with van der Waals surface area (Å²) < 4.78 is 5.63. The second-order valence-electron chi connectivity index (χ2n) is 6.82. The fourth-order valence-electron chi connectivity index (χ4n) is 2.30. The van der Waals surface area contributed by atoms with Gasteiger partial charge in [-0.3, -0.25) is 9.59 Å². The Labute approximate surface area is 158 Å². The van der Waals surface area contributed by atoms with Gasteiger partial charge in [0, 0.05) is 10.9 Å². The van der Waals surface area contributed by atoms with Gasteiger partial charge in [-0.05, 0) is 39.8 Å². The predicted molar refractivity (Wildman–Crippen MR) is 103 cm³/mol. The lowest BCUT2D eigenvalue weighted by molar-refractivity contribution is -0.126. The van der Waals surface area contributed by atoms with Crippen molar-refractivity contribution in [3.63, 3.8) is 0 Å². The Balaban J connectivity index is 1.94. The lowest BCUT2D eigenvalue weighted by atomic mass is 10.1. The van der Waals surface area contributed by atoms with Crippen LogP contribution in [0.2, 0.25) is 0 Å². The number of nitrogens with one attached hydrogen (secondary N) is 2. The molecule has 1 aromatic heterocycles. The highest BCUT2D eigenvalue weighted by Crippen LogP contribution is 2.32. The number of carbonyl (C=O) groups is 2. The van der Waals surface area contributed by atoms with Crippen LogP contribution in [0.3, 0.4) is 0 Å². The molecule has 1 aromatic carbocycles. The molecule has 0 spiro atoms. The van der Waals surface area contributed by atoms with Crippen molar-refractivity contribution in [1.82, 2.24) is 15.6 Å². The van der Waals surface area contributed by atoms with Crippen LogP contribution in [-0.4, -0.2) is 35.5 Å². The molecular weight excluding hydrogens is 350 g/mol. The van der Waals surface area contributed by atoms with Crippen molar-refractivity contribution in [2.75, 3.05) is 13.2 Å². The van der Waals surface area contributed by atoms with Gasteiger partial charge in [-0.1, -0.05) is 12.1 Å². The van der Waals surface area contributed by atoms with Gasteiger partial charge >= 0.3 is 0 Å². The standard InChI is InChI=1S/C19H25N3O3S/c1-5-25-15-9-7-6-8-14(15)18-21-13(12-26-18)10-16(23)20-11-17(24)22-19(2,3)4/h6-9,12H,5,10-11H2,1-4H3,(H,20,23)(H,22,24). The van der Waals surface area contributed by atoms with Gasteiger partial charge in [0.15, 0.2) is 0 Å². The molecule has 2 aromatic rings. The summed E-state index contributed by atoms with van der Waals surface area (Å²) in [5, 5.41) is 8.09. The summed E-state index contributed by atoms with van der Waals surface area (Å²) >= 11 is 1.47. The van der Waals surface area contributed by atoms with Crippen molar-refractivity contribution in [2.45, 2.75) is 39.7 Å². The average Bonchev–Trinajstić information content (AvgIpc) is 3.00. The van der Waals surface area contributed by atoms with Gasteiger partial charge in [0.2, 0.25) is 11.8 Å². The van der Waals surface area contributed by atoms with E-state index in [0.29, 0.717) is 12.3 Å². The van der Waals surface area contributed by atoms with Crippen molar-refractivity contribution in [1.29, 1.82) is 0 Å². The van der Waals surface area contributed by atoms with E-state index >= 15 is 0 Å². The fraction of sp³-hybridized carbons (Fsp3) is 0.421. The molecule has 1 heterocycles. The van der Waals surface area contributed by atoms with Crippen LogP contribution >= 0.6 is 11.3 Å². The third-order valence-electron chi connectivity index (χ3n) is 3.27. The van der Waals surface area contributed by atoms with E-state index in [2.05, 4.69) is 15.6 Å². The van der Waals surface area contributed by atoms with E-state index in [-0.39, 0.29) is 30.3 Å². The molecule has 0 fully saturated rings. The number of carbonyl (C=O) groups excluding carboxylic acids is 2. The van der Waals surface area contributed by atoms with E-state index in [1.54, 1.807) is 0 Å². The van der Waals surface area contributed by atoms with Crippen LogP contribution < -0.4 is 15.4 Å². The molecule has 0 radical (unpaired) electrons. The number of hydrogen-bond donors (Lipinski definition) is 2. The molecular formula is C19H25N3O3S. The number of amides is 2. The second kappa shape index (κ2) is 8.80. The topological polar surface area (TPSA) is 80.3 Å². The number of nitrogens with zero attached hydrogens (tertiary/aromatic N) is 1. The van der Waals surface area contributed by atoms with Crippen LogP contribution in [0, 0.1) is 0 Å². The summed E-state index contributed by atoms with van der Waals surface area (Å²) in [5.74, 6) is 0.332. The van der Waals surface area contributed by atoms with E-state index in [4.69, 9.17) is 4.74 Å². The Morgan fingerprint density at radius 3 is 2.62 bits per heavy atom. The molecule has 0 unspecified atom stereocenters. The third-order valence-corrected chi connectivity index (χ3v) is 4.20. The van der Waals surface area contributed by atoms with Crippen molar-refractivity contribution >= 4 is 23.2 Å². The van der Waals surface area contributed by atoms with Gasteiger partial charge in [-0.2, -0.15) is 0 Å². The Bertz CT molecular complexity index is 765. The van der Waals surface area contributed by atoms with Crippen LogP contribution in [0.1, 0.15) is 33.4 Å². The number of aromatic nitrogens is 1. The summed E-state index contributed by atoms with van der Waals surface area (Å²) in [7, 11) is 0. The smallest absolute Gasteiger partial charge is 0.239 e. The monoisotopic (exact) mass is 375 g/mol. The number of benzene rings is 1. The molecule has 2 rings (SSSR count). The molecule has 0 aliphatic heterocycles. The molecule has 140 valence electrons. The minimum Gasteiger partial charge on any atom is -0.493 e. The zero-order chi connectivity index (χ0) is 19.2. The fourth-order valence-corrected chi connectivity index (χ4v) is 3.15. The highest BCUT2D eigenvalue weighted by atomic mass is 32.1. The van der Waals surface area contributed by atoms with E-state index < -0.39 is 0 Å². The minimum absolute atomic E-state index is 0.0414. The minimum atomic E-state index is -0.320. The normalized spacial score (nSPS) is 11.1. The van der Waals surface area contributed by atoms with Crippen molar-refractivity contribution in [2.24, 2.45) is 0 Å². The van der Waals surface area contributed by atoms with Crippen LogP contribution in [-0.2, 0) is 16.0 Å². The Kier molecular flexibility index (Phi) is 6.74. The summed E-state index contributed by atoms with van der Waals surface area (Å²) in [6.07, 6.45) is 0.135. The van der Waals surface area contributed by atoms with Crippen LogP contribution in [0.4, 0.5) is 0 Å². The van der Waals surface area contributed by atoms with Gasteiger partial charge in [0.1, 0.15) is 10.8 Å². The SMILES string of the molecule is CCOc1ccccc1-c1nc(CC(=O)NCC(=O)NC(C)(C)C)cs1. The molecule has 7 heteroatoms. The van der Waals surface area contributed by atoms with Crippen molar-refractivity contribution in [3.8, 4) is 16.3 Å². The Hall–Kier alpha value is -2.41. The van der Waals surface area contributed by atoms with Gasteiger partial charge in [-0.25, -0.2) is 4.98 Å². The van der Waals surface area contributed by atoms with Crippen molar-refractivity contribution < 1.29 is 14.3 Å². The first-order valence-electron chi connectivity index (χ1n) is 8.53. The maximum Gasteiger partial charge on any atom is 0.239 e. The van der Waals surface area contributed by atoms with Crippen molar-refractivity contribution in [3.05, 3.63) is 35.3 Å². The first kappa shape index (κ1) is 19.9. The summed E-state index contributed by atoms with van der Waals surface area (Å²) in [6.45, 7) is 8.15. The number of ether oxygens (including phenoxy) is 1. The summed E-state index contributed by atoms with van der Waals surface area (Å²) in [6, 6.07) is 7.70. The molecule has 2 N–H and O–H groups in total. The largest absolute Gasteiger partial charge is 0.493 e. The van der Waals surface area contributed by atoms with Crippen LogP contribution in [0.15, 0.2) is 29.6 Å². The number of thiazole rings is 1. The molecule has 0 aliphatic rings. The first-order chi connectivity index (χ1) is 12.3. The zero-order valence-corrected chi connectivity index (χ0v) is 16.4. The molecule has 0 saturated carbocycles. The molecule has 26 heavy (non-hydrogen) atoms. The molecule has 0 saturated heterocycles. The van der Waals surface area contributed by atoms with E-state index in [1.807, 2.05) is 57.3 Å². The van der Waals surface area contributed by atoms with E-state index in [1.165, 1.54) is 11.3 Å². The maximum absolute atomic E-state index is 12.0. The highest BCUT2D eigenvalue weighted by Gasteiger charge is 2.15. The van der Waals surface area contributed by atoms with Crippen LogP contribution in [0.25, 0.3) is 10.6 Å². The Morgan fingerprint density at radius 2 is 1.92 bits per heavy atom. The molecule has 2 amide bonds. The molecule has 0 bridgehead atoms. The maximum atomic E-state index is 12.0. The van der Waals surface area contributed by atoms with E-state index in [0.717, 1.165) is 16.3 Å². The number of hydrogen-bond acceptors (Lipinski definition) is 5. The number of rotatable bonds is 7. The summed E-state index contributed by atoms with van der Waals surface area (Å²) in [4.78, 5) is 28.3. The van der Waals surface area contributed by atoms with Gasteiger partial charge in [0.25, 0.3) is 0 Å². The van der Waals surface area contributed by atoms with Gasteiger partial charge in [0.05, 0.1) is 30.8 Å². The predicted octanol–water partition coefficient (Wildman–Crippen LogP) is 2.78. The Morgan fingerprint density at radius 1 is 1.19 bits per heavy atom. The lowest BCUT2D eigenvalue weighted by Gasteiger charge is -2.20. The second-order valence-corrected chi connectivity index (χ2v) is 7.68. The molecule has 0 aliphatic carbocycles. The van der Waals surface area contributed by atoms with Crippen LogP contribution in [0.5, 0.6) is 5.75 Å². The van der Waals surface area contributed by atoms with Gasteiger partial charge < -0.3 is 15.4 Å². The van der Waals surface area contributed by atoms with Gasteiger partial charge in [-0.15, -0.1) is 11.3 Å². The highest BCUT2D eigenvalue weighted by molar-refractivity contribution is 7.13. The lowest BCUT2D eigenvalue weighted by Crippen LogP contribution is -2.46. The zero-order valence-electron chi connectivity index (χ0n) is 15.6. The summed E-state index contributed by atoms with van der Waals surface area (Å²) in [5.41, 5.74) is 1.26. The van der Waals surface area contributed by atoms with E-state index in [9.17, 15) is 9.59 Å². The molecule has 0 atom stereocenters. The third kappa shape index (κ3) is 6.15. The molecule has 6 nitrogen and oxygen atoms in total. The number of para-hydroxylation sites is 1.